The highest BCUT2D eigenvalue weighted by Crippen LogP contribution is 2.29. The summed E-state index contributed by atoms with van der Waals surface area (Å²) in [6, 6.07) is -15.7. The predicted molar refractivity (Wildman–Crippen MR) is 364 cm³/mol. The number of fused-ring (bicyclic) bond motifs is 1. The molecule has 0 aromatic heterocycles. The number of likely N-dealkylation sites (N-methyl/N-ethyl adjacent to an activating group) is 6. The van der Waals surface area contributed by atoms with Crippen molar-refractivity contribution in [1.29, 1.82) is 0 Å². The highest BCUT2D eigenvalue weighted by molar-refractivity contribution is 7.91. The van der Waals surface area contributed by atoms with Gasteiger partial charge in [0.15, 0.2) is 9.84 Å². The molecule has 3 aliphatic rings. The number of hydrogen-bond acceptors (Lipinski definition) is 17. The molecule has 30 heteroatoms. The van der Waals surface area contributed by atoms with E-state index in [1.165, 1.54) is 82.7 Å². The second kappa shape index (κ2) is 36.8. The molecule has 552 valence electrons. The zero-order chi connectivity index (χ0) is 74.3. The lowest BCUT2D eigenvalue weighted by molar-refractivity contribution is -0.157. The van der Waals surface area contributed by atoms with E-state index in [1.807, 2.05) is 27.7 Å². The fraction of sp³-hybridized carbons (Fsp3) is 0.791. The van der Waals surface area contributed by atoms with Crippen LogP contribution in [0.2, 0.25) is 0 Å². The van der Waals surface area contributed by atoms with Gasteiger partial charge in [-0.15, -0.1) is 0 Å². The summed E-state index contributed by atoms with van der Waals surface area (Å²) in [6.07, 6.45) is -2.06. The number of sulfone groups is 1. The molecular weight excluding hydrogens is 1280 g/mol. The van der Waals surface area contributed by atoms with E-state index in [2.05, 4.69) is 21.3 Å². The van der Waals surface area contributed by atoms with E-state index < -0.39 is 196 Å². The van der Waals surface area contributed by atoms with Gasteiger partial charge in [0.2, 0.25) is 65.0 Å². The van der Waals surface area contributed by atoms with Crippen LogP contribution < -0.4 is 21.3 Å². The van der Waals surface area contributed by atoms with Crippen LogP contribution in [-0.2, 0) is 67.3 Å². The minimum Gasteiger partial charge on any atom is -0.444 e. The molecule has 0 bridgehead atoms. The lowest BCUT2D eigenvalue weighted by Gasteiger charge is -2.41. The maximum absolute atomic E-state index is 15.4. The summed E-state index contributed by atoms with van der Waals surface area (Å²) in [5.41, 5.74) is 0. The number of carbonyl (C=O) groups is 12. The van der Waals surface area contributed by atoms with Crippen LogP contribution in [-0.4, -0.2) is 287 Å². The lowest BCUT2D eigenvalue weighted by Crippen LogP contribution is -2.64. The number of ether oxygens (including phenoxy) is 1. The predicted octanol–water partition coefficient (Wildman–Crippen LogP) is 0.982. The molecule has 0 saturated carbocycles. The molecule has 0 aromatic carbocycles. The molecule has 0 radical (unpaired) electrons. The Balaban J connectivity index is 2.40. The van der Waals surface area contributed by atoms with Crippen molar-refractivity contribution in [3.63, 3.8) is 0 Å². The first kappa shape index (κ1) is 84.3. The SMILES string of the molecule is C/C=C/C[C@@H](C)[C@@H](O)[C@H]1C(=O)N[C@@H](CC)C(=O)N2CC(OC(=O)N3CCS(=O)(=O)CC3)C[C@@H]2C(=O)N(C)C([C@@H](C)O)C(=O)N[C@@H](C(C)C)C(=O)N(C)[C@@H](CC(C)C)C(=O)N[C@@H](C)C(=O)N[C@H](C)C(=O)N(C)[C@@H](CC(C)C)C(=O)N(C)[C@@H](CC(C)C)C(=O)N(C)[C@@H](C(C)C)C(=O)N1C. The van der Waals surface area contributed by atoms with Gasteiger partial charge in [-0.2, -0.15) is 0 Å². The van der Waals surface area contributed by atoms with Gasteiger partial charge in [-0.25, -0.2) is 13.2 Å². The van der Waals surface area contributed by atoms with Crippen LogP contribution in [0.1, 0.15) is 149 Å². The van der Waals surface area contributed by atoms with Crippen molar-refractivity contribution in [3.05, 3.63) is 12.2 Å². The van der Waals surface area contributed by atoms with E-state index in [-0.39, 0.29) is 74.5 Å². The normalized spacial score (nSPS) is 28.9. The lowest BCUT2D eigenvalue weighted by atomic mass is 9.91. The fourth-order valence-electron chi connectivity index (χ4n) is 12.7. The van der Waals surface area contributed by atoms with Crippen molar-refractivity contribution < 1.29 is 80.9 Å². The maximum atomic E-state index is 15.4. The Morgan fingerprint density at radius 3 is 1.49 bits per heavy atom. The summed E-state index contributed by atoms with van der Waals surface area (Å²) in [7, 11) is 4.60. The minimum atomic E-state index is -3.45. The van der Waals surface area contributed by atoms with Crippen molar-refractivity contribution >= 4 is 80.9 Å². The summed E-state index contributed by atoms with van der Waals surface area (Å²) >= 11 is 0. The van der Waals surface area contributed by atoms with Crippen molar-refractivity contribution in [2.24, 2.45) is 35.5 Å². The van der Waals surface area contributed by atoms with Crippen LogP contribution in [0.3, 0.4) is 0 Å². The number of amides is 12. The maximum Gasteiger partial charge on any atom is 0.410 e. The molecule has 3 aliphatic heterocycles. The number of rotatable bonds is 15. The average Bonchev–Trinajstić information content (AvgIpc) is 1.78. The average molecular weight is 1390 g/mol. The summed E-state index contributed by atoms with van der Waals surface area (Å²) in [5, 5.41) is 34.5. The van der Waals surface area contributed by atoms with E-state index in [4.69, 9.17) is 4.74 Å². The molecule has 0 aromatic rings. The second-order valence-corrected chi connectivity index (χ2v) is 31.1. The van der Waals surface area contributed by atoms with Gasteiger partial charge >= 0.3 is 6.09 Å². The Morgan fingerprint density at radius 1 is 0.546 bits per heavy atom. The van der Waals surface area contributed by atoms with Gasteiger partial charge in [0.25, 0.3) is 0 Å². The molecule has 3 fully saturated rings. The molecule has 15 atom stereocenters. The highest BCUT2D eigenvalue weighted by atomic mass is 32.2. The number of carbonyl (C=O) groups excluding carboxylic acids is 12. The quantitative estimate of drug-likeness (QED) is 0.124. The van der Waals surface area contributed by atoms with Crippen molar-refractivity contribution in [3.8, 4) is 0 Å². The summed E-state index contributed by atoms with van der Waals surface area (Å²) < 4.78 is 30.5. The Labute approximate surface area is 575 Å². The van der Waals surface area contributed by atoms with E-state index >= 15 is 28.8 Å². The van der Waals surface area contributed by atoms with Crippen molar-refractivity contribution in [2.45, 2.75) is 234 Å². The third-order valence-corrected chi connectivity index (χ3v) is 20.3. The summed E-state index contributed by atoms with van der Waals surface area (Å²) in [6.45, 7) is 25.7. The number of hydrogen-bond donors (Lipinski definition) is 6. The zero-order valence-electron chi connectivity index (χ0n) is 61.5. The Hall–Kier alpha value is -6.95. The van der Waals surface area contributed by atoms with E-state index in [0.29, 0.717) is 0 Å². The van der Waals surface area contributed by atoms with Gasteiger partial charge in [0, 0.05) is 61.8 Å². The first-order chi connectivity index (χ1) is 44.9. The number of aliphatic hydroxyl groups is 2. The zero-order valence-corrected chi connectivity index (χ0v) is 62.3. The van der Waals surface area contributed by atoms with E-state index in [0.717, 1.165) is 19.6 Å². The molecule has 3 saturated heterocycles. The standard InChI is InChI=1S/C67H116N12O17S/c1-23-25-26-41(13)55(81)54-59(85)70-46(24-2)61(87)79-35-45(96-67(93)78-27-29-97(94,95)30-28-78)34-50(79)64(90)76(21)53(44(16)80)58(84)71-51(39(9)10)65(91)72(17)47(31-36(3)4)57(83)68-42(14)56(82)69-43(15)60(86)73(18)48(32-37(5)6)62(88)74(19)49(33-38(7)8)63(89)75(20)52(40(11)12)66(92)77(54)22/h23,25,36-55,80-81H,24,26-35H2,1-22H3,(H,68,83)(H,69,82)(H,70,85)(H,71,84)/b25-23+/t41-,42+,43-,44-,45?,46+,47+,48+,49+,50-,51+,52+,53?,54+,55-/m1/s1. The van der Waals surface area contributed by atoms with Gasteiger partial charge in [-0.3, -0.25) is 52.7 Å². The fourth-order valence-corrected chi connectivity index (χ4v) is 13.9. The van der Waals surface area contributed by atoms with Crippen LogP contribution in [0, 0.1) is 35.5 Å². The van der Waals surface area contributed by atoms with Crippen molar-refractivity contribution in [2.75, 3.05) is 73.4 Å². The topological polar surface area (TPSA) is 363 Å². The number of nitrogens with one attached hydrogen (secondary N) is 4. The first-order valence-corrected chi connectivity index (χ1v) is 36.0. The monoisotopic (exact) mass is 1390 g/mol. The van der Waals surface area contributed by atoms with Gasteiger partial charge in [-0.05, 0) is 95.3 Å². The molecule has 29 nitrogen and oxygen atoms in total. The molecule has 0 spiro atoms. The number of aliphatic hydroxyl groups excluding tert-OH is 2. The van der Waals surface area contributed by atoms with Crippen LogP contribution in [0.25, 0.3) is 0 Å². The second-order valence-electron chi connectivity index (χ2n) is 28.8. The molecule has 6 N–H and O–H groups in total. The highest BCUT2D eigenvalue weighted by Gasteiger charge is 2.50. The van der Waals surface area contributed by atoms with E-state index in [9.17, 15) is 47.4 Å². The molecule has 97 heavy (non-hydrogen) atoms. The summed E-state index contributed by atoms with van der Waals surface area (Å²) in [4.78, 5) is 186. The van der Waals surface area contributed by atoms with Crippen LogP contribution in [0.5, 0.6) is 0 Å². The molecule has 12 amide bonds. The minimum absolute atomic E-state index is 0.0650. The van der Waals surface area contributed by atoms with Crippen LogP contribution in [0.15, 0.2) is 12.2 Å². The van der Waals surface area contributed by atoms with Crippen LogP contribution >= 0.6 is 0 Å². The molecular formula is C67H116N12O17S. The van der Waals surface area contributed by atoms with Crippen molar-refractivity contribution in [1.82, 2.24) is 60.5 Å². The molecule has 0 aliphatic carbocycles. The summed E-state index contributed by atoms with van der Waals surface area (Å²) in [5.74, 6) is -12.4. The third kappa shape index (κ3) is 22.0. The molecule has 3 rings (SSSR count). The van der Waals surface area contributed by atoms with Gasteiger partial charge in [0.05, 0.1) is 30.3 Å². The Kier molecular flexibility index (Phi) is 31.9. The third-order valence-electron chi connectivity index (χ3n) is 18.7. The van der Waals surface area contributed by atoms with Gasteiger partial charge in [-0.1, -0.05) is 95.2 Å². The number of nitrogens with zero attached hydrogens (tertiary/aromatic N) is 8. The van der Waals surface area contributed by atoms with E-state index in [1.54, 1.807) is 74.5 Å². The first-order valence-electron chi connectivity index (χ1n) is 34.1. The molecule has 2 unspecified atom stereocenters. The van der Waals surface area contributed by atoms with Crippen LogP contribution in [0.4, 0.5) is 4.79 Å². The smallest absolute Gasteiger partial charge is 0.410 e. The van der Waals surface area contributed by atoms with Gasteiger partial charge < -0.3 is 75.4 Å². The molecule has 3 heterocycles. The Morgan fingerprint density at radius 2 is 1.01 bits per heavy atom. The largest absolute Gasteiger partial charge is 0.444 e. The number of allylic oxidation sites excluding steroid dienone is 2. The van der Waals surface area contributed by atoms with Gasteiger partial charge in [0.1, 0.15) is 72.6 Å². The Bertz CT molecular complexity index is 2930.